The zero-order valence-corrected chi connectivity index (χ0v) is 18.0. The number of hydrogen-bond donors (Lipinski definition) is 2. The fourth-order valence-corrected chi connectivity index (χ4v) is 4.41. The molecule has 0 aromatic heterocycles. The Hall–Kier alpha value is -3.60. The van der Waals surface area contributed by atoms with E-state index in [9.17, 15) is 14.7 Å². The Kier molecular flexibility index (Phi) is 6.85. The molecular formula is C27H28N2O3. The first kappa shape index (κ1) is 21.6. The number of rotatable bonds is 7. The molecule has 1 fully saturated rings. The number of aromatic carboxylic acids is 1. The molecule has 3 aromatic carbocycles. The van der Waals surface area contributed by atoms with E-state index in [4.69, 9.17) is 0 Å². The lowest BCUT2D eigenvalue weighted by Gasteiger charge is -2.33. The van der Waals surface area contributed by atoms with Gasteiger partial charge in [0.1, 0.15) is 0 Å². The Labute approximate surface area is 188 Å². The molecule has 0 bridgehead atoms. The molecule has 3 aromatic rings. The van der Waals surface area contributed by atoms with Gasteiger partial charge < -0.3 is 15.3 Å². The quantitative estimate of drug-likeness (QED) is 0.566. The maximum atomic E-state index is 13.1. The van der Waals surface area contributed by atoms with Crippen LogP contribution < -0.4 is 10.2 Å². The summed E-state index contributed by atoms with van der Waals surface area (Å²) >= 11 is 0. The third-order valence-corrected chi connectivity index (χ3v) is 5.98. The number of carbonyl (C=O) groups excluding carboxylic acids is 1. The Morgan fingerprint density at radius 2 is 1.50 bits per heavy atom. The molecule has 0 spiro atoms. The molecule has 2 N–H and O–H groups in total. The zero-order chi connectivity index (χ0) is 22.3. The Morgan fingerprint density at radius 1 is 0.844 bits per heavy atom. The van der Waals surface area contributed by atoms with E-state index in [0.29, 0.717) is 5.56 Å². The Balaban J connectivity index is 1.65. The first-order valence-electron chi connectivity index (χ1n) is 11.1. The van der Waals surface area contributed by atoms with Crippen LogP contribution in [0.5, 0.6) is 0 Å². The van der Waals surface area contributed by atoms with Crippen molar-refractivity contribution in [2.75, 3.05) is 18.0 Å². The second-order valence-corrected chi connectivity index (χ2v) is 8.16. The fraction of sp³-hybridized carbons (Fsp3) is 0.259. The minimum Gasteiger partial charge on any atom is -0.478 e. The van der Waals surface area contributed by atoms with Crippen molar-refractivity contribution < 1.29 is 14.7 Å². The minimum absolute atomic E-state index is 0.0116. The van der Waals surface area contributed by atoms with E-state index < -0.39 is 5.97 Å². The number of piperidine rings is 1. The van der Waals surface area contributed by atoms with Crippen LogP contribution >= 0.6 is 0 Å². The van der Waals surface area contributed by atoms with E-state index in [-0.39, 0.29) is 23.9 Å². The molecular weight excluding hydrogens is 400 g/mol. The highest BCUT2D eigenvalue weighted by Gasteiger charge is 2.23. The standard InChI is InChI=1S/C27H28N2O3/c30-25(19-21-13-5-6-14-22(21)27(31)32)28-26(20-11-3-1-4-12-20)23-15-7-8-16-24(23)29-17-9-2-10-18-29/h1,3-8,11-16,26H,2,9-10,17-19H2,(H,28,30)(H,31,32). The van der Waals surface area contributed by atoms with Gasteiger partial charge in [-0.1, -0.05) is 66.7 Å². The van der Waals surface area contributed by atoms with Gasteiger partial charge in [-0.2, -0.15) is 0 Å². The van der Waals surface area contributed by atoms with E-state index in [1.54, 1.807) is 18.2 Å². The molecule has 164 valence electrons. The molecule has 0 saturated carbocycles. The number of carbonyl (C=O) groups is 2. The van der Waals surface area contributed by atoms with Crippen LogP contribution in [0.2, 0.25) is 0 Å². The van der Waals surface area contributed by atoms with Gasteiger partial charge in [0.25, 0.3) is 0 Å². The molecule has 4 rings (SSSR count). The zero-order valence-electron chi connectivity index (χ0n) is 18.0. The van der Waals surface area contributed by atoms with E-state index in [0.717, 1.165) is 29.9 Å². The van der Waals surface area contributed by atoms with Crippen LogP contribution in [-0.4, -0.2) is 30.1 Å². The highest BCUT2D eigenvalue weighted by atomic mass is 16.4. The van der Waals surface area contributed by atoms with Gasteiger partial charge >= 0.3 is 5.97 Å². The first-order valence-corrected chi connectivity index (χ1v) is 11.1. The number of hydrogen-bond acceptors (Lipinski definition) is 3. The molecule has 32 heavy (non-hydrogen) atoms. The predicted octanol–water partition coefficient (Wildman–Crippen LogP) is 4.82. The number of carboxylic acids is 1. The maximum absolute atomic E-state index is 13.1. The maximum Gasteiger partial charge on any atom is 0.335 e. The van der Waals surface area contributed by atoms with E-state index >= 15 is 0 Å². The molecule has 1 aliphatic rings. The van der Waals surface area contributed by atoms with Gasteiger partial charge in [-0.25, -0.2) is 4.79 Å². The van der Waals surface area contributed by atoms with Gasteiger partial charge in [0.15, 0.2) is 0 Å². The number of amides is 1. The summed E-state index contributed by atoms with van der Waals surface area (Å²) in [7, 11) is 0. The summed E-state index contributed by atoms with van der Waals surface area (Å²) in [6.45, 7) is 2.02. The van der Waals surface area contributed by atoms with Crippen LogP contribution in [0.4, 0.5) is 5.69 Å². The molecule has 1 unspecified atom stereocenters. The van der Waals surface area contributed by atoms with Gasteiger partial charge in [-0.15, -0.1) is 0 Å². The molecule has 5 heteroatoms. The van der Waals surface area contributed by atoms with E-state index in [1.165, 1.54) is 25.3 Å². The normalized spacial score (nSPS) is 14.6. The van der Waals surface area contributed by atoms with Crippen LogP contribution in [0.1, 0.15) is 52.4 Å². The van der Waals surface area contributed by atoms with Gasteiger partial charge in [0.05, 0.1) is 18.0 Å². The lowest BCUT2D eigenvalue weighted by Crippen LogP contribution is -2.34. The van der Waals surface area contributed by atoms with Gasteiger partial charge in [-0.3, -0.25) is 4.79 Å². The summed E-state index contributed by atoms with van der Waals surface area (Å²) in [4.78, 5) is 27.1. The fourth-order valence-electron chi connectivity index (χ4n) is 4.41. The highest BCUT2D eigenvalue weighted by Crippen LogP contribution is 2.32. The van der Waals surface area contributed by atoms with E-state index in [1.807, 2.05) is 42.5 Å². The van der Waals surface area contributed by atoms with Gasteiger partial charge in [0, 0.05) is 24.3 Å². The molecule has 5 nitrogen and oxygen atoms in total. The van der Waals surface area contributed by atoms with Crippen LogP contribution in [-0.2, 0) is 11.2 Å². The molecule has 1 saturated heterocycles. The number of benzene rings is 3. The van der Waals surface area contributed by atoms with Crippen molar-refractivity contribution in [3.05, 3.63) is 101 Å². The van der Waals surface area contributed by atoms with Crippen LogP contribution in [0.15, 0.2) is 78.9 Å². The van der Waals surface area contributed by atoms with Crippen molar-refractivity contribution in [3.63, 3.8) is 0 Å². The average molecular weight is 429 g/mol. The van der Waals surface area contributed by atoms with Crippen molar-refractivity contribution in [2.24, 2.45) is 0 Å². The van der Waals surface area contributed by atoms with Crippen molar-refractivity contribution in [1.82, 2.24) is 5.32 Å². The molecule has 1 aliphatic heterocycles. The average Bonchev–Trinajstić information content (AvgIpc) is 2.84. The number of nitrogens with zero attached hydrogens (tertiary/aromatic N) is 1. The number of carboxylic acid groups (broad SMARTS) is 1. The van der Waals surface area contributed by atoms with Crippen molar-refractivity contribution in [2.45, 2.75) is 31.7 Å². The summed E-state index contributed by atoms with van der Waals surface area (Å²) < 4.78 is 0. The summed E-state index contributed by atoms with van der Waals surface area (Å²) in [5, 5.41) is 12.6. The Morgan fingerprint density at radius 3 is 2.25 bits per heavy atom. The molecule has 1 atom stereocenters. The summed E-state index contributed by atoms with van der Waals surface area (Å²) in [5.74, 6) is -1.23. The molecule has 0 radical (unpaired) electrons. The molecule has 1 amide bonds. The monoisotopic (exact) mass is 428 g/mol. The first-order chi connectivity index (χ1) is 15.6. The largest absolute Gasteiger partial charge is 0.478 e. The topological polar surface area (TPSA) is 69.6 Å². The molecule has 1 heterocycles. The highest BCUT2D eigenvalue weighted by molar-refractivity contribution is 5.91. The lowest BCUT2D eigenvalue weighted by molar-refractivity contribution is -0.120. The third kappa shape index (κ3) is 4.99. The second kappa shape index (κ2) is 10.1. The van der Waals surface area contributed by atoms with E-state index in [2.05, 4.69) is 22.3 Å². The second-order valence-electron chi connectivity index (χ2n) is 8.16. The van der Waals surface area contributed by atoms with Gasteiger partial charge in [-0.05, 0) is 42.5 Å². The molecule has 0 aliphatic carbocycles. The predicted molar refractivity (Wildman–Crippen MR) is 126 cm³/mol. The van der Waals surface area contributed by atoms with Gasteiger partial charge in [0.2, 0.25) is 5.91 Å². The van der Waals surface area contributed by atoms with Crippen molar-refractivity contribution in [3.8, 4) is 0 Å². The third-order valence-electron chi connectivity index (χ3n) is 5.98. The summed E-state index contributed by atoms with van der Waals surface area (Å²) in [6.07, 6.45) is 3.60. The minimum atomic E-state index is -1.02. The lowest BCUT2D eigenvalue weighted by atomic mass is 9.95. The number of nitrogens with one attached hydrogen (secondary N) is 1. The van der Waals surface area contributed by atoms with Crippen LogP contribution in [0.3, 0.4) is 0 Å². The van der Waals surface area contributed by atoms with Crippen molar-refractivity contribution >= 4 is 17.6 Å². The van der Waals surface area contributed by atoms with Crippen molar-refractivity contribution in [1.29, 1.82) is 0 Å². The Bertz CT molecular complexity index is 1080. The summed E-state index contributed by atoms with van der Waals surface area (Å²) in [5.41, 5.74) is 3.87. The van der Waals surface area contributed by atoms with Crippen LogP contribution in [0.25, 0.3) is 0 Å². The number of anilines is 1. The summed E-state index contributed by atoms with van der Waals surface area (Å²) in [6, 6.07) is 24.5. The van der Waals surface area contributed by atoms with Crippen LogP contribution in [0, 0.1) is 0 Å². The SMILES string of the molecule is O=C(Cc1ccccc1C(=O)O)NC(c1ccccc1)c1ccccc1N1CCCCC1. The smallest absolute Gasteiger partial charge is 0.335 e. The number of para-hydroxylation sites is 1.